The average Bonchev–Trinajstić information content (AvgIpc) is 2.74. The highest BCUT2D eigenvalue weighted by Gasteiger charge is 2.14. The van der Waals surface area contributed by atoms with Crippen molar-refractivity contribution in [1.82, 2.24) is 9.78 Å². The molecule has 0 spiro atoms. The second-order valence-corrected chi connectivity index (χ2v) is 3.67. The van der Waals surface area contributed by atoms with Crippen LogP contribution in [0, 0.1) is 10.1 Å². The van der Waals surface area contributed by atoms with Crippen molar-refractivity contribution < 1.29 is 9.66 Å². The molecule has 2 rings (SSSR count). The van der Waals surface area contributed by atoms with E-state index >= 15 is 0 Å². The maximum atomic E-state index is 10.7. The predicted octanol–water partition coefficient (Wildman–Crippen LogP) is 2.08. The number of aryl methyl sites for hydroxylation is 1. The third-order valence-electron chi connectivity index (χ3n) is 2.37. The van der Waals surface area contributed by atoms with Crippen molar-refractivity contribution in [2.45, 2.75) is 0 Å². The molecule has 0 fully saturated rings. The van der Waals surface area contributed by atoms with Crippen LogP contribution < -0.4 is 10.1 Å². The number of hydrogen-bond donors (Lipinski definition) is 1. The number of nitrogens with zero attached hydrogens (tertiary/aromatic N) is 3. The molecule has 0 amide bonds. The highest BCUT2D eigenvalue weighted by Crippen LogP contribution is 2.30. The van der Waals surface area contributed by atoms with Gasteiger partial charge in [0, 0.05) is 31.1 Å². The standard InChI is InChI=1S/C11H12N4O3/c1-14-7-9(6-12-14)13-8-3-4-10(15(16)17)11(5-8)18-2/h3-7,13H,1-2H3. The summed E-state index contributed by atoms with van der Waals surface area (Å²) in [5.41, 5.74) is 1.44. The van der Waals surface area contributed by atoms with Crippen molar-refractivity contribution in [2.75, 3.05) is 12.4 Å². The second-order valence-electron chi connectivity index (χ2n) is 3.67. The number of nitrogens with one attached hydrogen (secondary N) is 1. The Labute approximate surface area is 103 Å². The van der Waals surface area contributed by atoms with E-state index in [0.29, 0.717) is 5.69 Å². The van der Waals surface area contributed by atoms with Gasteiger partial charge in [0.1, 0.15) is 0 Å². The third kappa shape index (κ3) is 2.40. The summed E-state index contributed by atoms with van der Waals surface area (Å²) in [5.74, 6) is 0.217. The monoisotopic (exact) mass is 248 g/mol. The summed E-state index contributed by atoms with van der Waals surface area (Å²) in [6, 6.07) is 4.59. The Bertz CT molecular complexity index is 579. The maximum absolute atomic E-state index is 10.7. The minimum Gasteiger partial charge on any atom is -0.490 e. The van der Waals surface area contributed by atoms with Crippen LogP contribution in [0.1, 0.15) is 0 Å². The molecule has 1 aromatic heterocycles. The fourth-order valence-corrected chi connectivity index (χ4v) is 1.56. The Morgan fingerprint density at radius 1 is 1.44 bits per heavy atom. The molecular formula is C11H12N4O3. The van der Waals surface area contributed by atoms with Crippen LogP contribution in [0.5, 0.6) is 5.75 Å². The molecule has 0 aliphatic carbocycles. The van der Waals surface area contributed by atoms with Gasteiger partial charge in [0.05, 0.1) is 23.9 Å². The molecule has 0 aliphatic heterocycles. The number of nitro benzene ring substituents is 1. The van der Waals surface area contributed by atoms with Crippen LogP contribution in [0.15, 0.2) is 30.6 Å². The number of nitro groups is 1. The molecular weight excluding hydrogens is 236 g/mol. The van der Waals surface area contributed by atoms with Crippen molar-refractivity contribution in [1.29, 1.82) is 0 Å². The fraction of sp³-hybridized carbons (Fsp3) is 0.182. The number of methoxy groups -OCH3 is 1. The first kappa shape index (κ1) is 11.9. The lowest BCUT2D eigenvalue weighted by atomic mass is 10.2. The molecule has 0 aliphatic rings. The molecule has 1 aromatic carbocycles. The molecule has 1 N–H and O–H groups in total. The molecule has 0 saturated heterocycles. The van der Waals surface area contributed by atoms with Crippen molar-refractivity contribution >= 4 is 17.1 Å². The Kier molecular flexibility index (Phi) is 3.13. The van der Waals surface area contributed by atoms with Gasteiger partial charge in [-0.15, -0.1) is 0 Å². The molecule has 18 heavy (non-hydrogen) atoms. The van der Waals surface area contributed by atoms with E-state index in [4.69, 9.17) is 4.74 Å². The third-order valence-corrected chi connectivity index (χ3v) is 2.37. The smallest absolute Gasteiger partial charge is 0.311 e. The predicted molar refractivity (Wildman–Crippen MR) is 66.1 cm³/mol. The van der Waals surface area contributed by atoms with Crippen molar-refractivity contribution in [3.8, 4) is 5.75 Å². The topological polar surface area (TPSA) is 82.2 Å². The Hall–Kier alpha value is -2.57. The van der Waals surface area contributed by atoms with Crippen LogP contribution >= 0.6 is 0 Å². The number of ether oxygens (including phenoxy) is 1. The molecule has 0 radical (unpaired) electrons. The first-order valence-electron chi connectivity index (χ1n) is 5.18. The summed E-state index contributed by atoms with van der Waals surface area (Å²) in [4.78, 5) is 10.3. The Balaban J connectivity index is 2.27. The first-order valence-corrected chi connectivity index (χ1v) is 5.18. The highest BCUT2D eigenvalue weighted by molar-refractivity contribution is 5.64. The number of rotatable bonds is 4. The maximum Gasteiger partial charge on any atom is 0.311 e. The zero-order valence-corrected chi connectivity index (χ0v) is 9.95. The van der Waals surface area contributed by atoms with Gasteiger partial charge in [-0.25, -0.2) is 0 Å². The zero-order chi connectivity index (χ0) is 13.1. The van der Waals surface area contributed by atoms with Gasteiger partial charge in [0.2, 0.25) is 0 Å². The van der Waals surface area contributed by atoms with E-state index in [9.17, 15) is 10.1 Å². The fourth-order valence-electron chi connectivity index (χ4n) is 1.56. The van der Waals surface area contributed by atoms with Gasteiger partial charge in [-0.3, -0.25) is 14.8 Å². The quantitative estimate of drug-likeness (QED) is 0.661. The molecule has 94 valence electrons. The van der Waals surface area contributed by atoms with Crippen LogP contribution in [0.4, 0.5) is 17.1 Å². The normalized spacial score (nSPS) is 10.1. The lowest BCUT2D eigenvalue weighted by Gasteiger charge is -2.06. The number of aromatic nitrogens is 2. The van der Waals surface area contributed by atoms with Crippen LogP contribution in [-0.4, -0.2) is 21.8 Å². The van der Waals surface area contributed by atoms with Crippen molar-refractivity contribution in [2.24, 2.45) is 7.05 Å². The lowest BCUT2D eigenvalue weighted by Crippen LogP contribution is -1.95. The Morgan fingerprint density at radius 2 is 2.22 bits per heavy atom. The van der Waals surface area contributed by atoms with Gasteiger partial charge in [0.15, 0.2) is 5.75 Å². The highest BCUT2D eigenvalue weighted by atomic mass is 16.6. The van der Waals surface area contributed by atoms with E-state index in [1.54, 1.807) is 29.2 Å². The lowest BCUT2D eigenvalue weighted by molar-refractivity contribution is -0.385. The SMILES string of the molecule is COc1cc(Nc2cnn(C)c2)ccc1[N+](=O)[O-]. The molecule has 0 saturated carbocycles. The zero-order valence-electron chi connectivity index (χ0n) is 9.95. The Morgan fingerprint density at radius 3 is 2.78 bits per heavy atom. The van der Waals surface area contributed by atoms with Gasteiger partial charge in [0.25, 0.3) is 0 Å². The average molecular weight is 248 g/mol. The molecule has 0 bridgehead atoms. The van der Waals surface area contributed by atoms with Gasteiger partial charge in [-0.1, -0.05) is 0 Å². The van der Waals surface area contributed by atoms with Crippen LogP contribution in [0.2, 0.25) is 0 Å². The molecule has 0 atom stereocenters. The van der Waals surface area contributed by atoms with Gasteiger partial charge in [-0.2, -0.15) is 5.10 Å². The minimum atomic E-state index is -0.479. The summed E-state index contributed by atoms with van der Waals surface area (Å²) in [5, 5.41) is 17.8. The van der Waals surface area contributed by atoms with E-state index < -0.39 is 4.92 Å². The molecule has 0 unspecified atom stereocenters. The molecule has 2 aromatic rings. The first-order chi connectivity index (χ1) is 8.60. The number of hydrogen-bond acceptors (Lipinski definition) is 5. The molecule has 7 heteroatoms. The van der Waals surface area contributed by atoms with E-state index in [1.165, 1.54) is 13.2 Å². The molecule has 1 heterocycles. The van der Waals surface area contributed by atoms with Crippen LogP contribution in [0.25, 0.3) is 0 Å². The second kappa shape index (κ2) is 4.74. The van der Waals surface area contributed by atoms with Crippen molar-refractivity contribution in [3.63, 3.8) is 0 Å². The van der Waals surface area contributed by atoms with E-state index in [2.05, 4.69) is 10.4 Å². The summed E-state index contributed by atoms with van der Waals surface area (Å²) in [6.07, 6.45) is 3.46. The summed E-state index contributed by atoms with van der Waals surface area (Å²) >= 11 is 0. The van der Waals surface area contributed by atoms with E-state index in [1.807, 2.05) is 7.05 Å². The van der Waals surface area contributed by atoms with Crippen LogP contribution in [-0.2, 0) is 7.05 Å². The van der Waals surface area contributed by atoms with Crippen molar-refractivity contribution in [3.05, 3.63) is 40.7 Å². The van der Waals surface area contributed by atoms with Gasteiger partial charge < -0.3 is 10.1 Å². The molecule has 7 nitrogen and oxygen atoms in total. The minimum absolute atomic E-state index is 0.0609. The van der Waals surface area contributed by atoms with Gasteiger partial charge >= 0.3 is 5.69 Å². The largest absolute Gasteiger partial charge is 0.490 e. The van der Waals surface area contributed by atoms with E-state index in [-0.39, 0.29) is 11.4 Å². The van der Waals surface area contributed by atoms with E-state index in [0.717, 1.165) is 5.69 Å². The summed E-state index contributed by atoms with van der Waals surface area (Å²) < 4.78 is 6.65. The summed E-state index contributed by atoms with van der Waals surface area (Å²) in [6.45, 7) is 0. The van der Waals surface area contributed by atoms with Gasteiger partial charge in [-0.05, 0) is 6.07 Å². The summed E-state index contributed by atoms with van der Waals surface area (Å²) in [7, 11) is 3.21. The number of anilines is 2. The van der Waals surface area contributed by atoms with Crippen LogP contribution in [0.3, 0.4) is 0 Å². The number of benzene rings is 1.